The van der Waals surface area contributed by atoms with Crippen molar-refractivity contribution in [2.45, 2.75) is 44.6 Å². The fourth-order valence-corrected chi connectivity index (χ4v) is 2.82. The average molecular weight is 333 g/mol. The van der Waals surface area contributed by atoms with Crippen LogP contribution in [0.25, 0.3) is 0 Å². The molecule has 1 aromatic heterocycles. The van der Waals surface area contributed by atoms with Gasteiger partial charge in [-0.3, -0.25) is 0 Å². The summed E-state index contributed by atoms with van der Waals surface area (Å²) in [5.41, 5.74) is 0.756. The molecule has 0 spiro atoms. The van der Waals surface area contributed by atoms with Crippen LogP contribution >= 0.6 is 11.3 Å². The summed E-state index contributed by atoms with van der Waals surface area (Å²) in [4.78, 5) is 0. The summed E-state index contributed by atoms with van der Waals surface area (Å²) < 4.78 is 76.8. The first-order valence-electron chi connectivity index (χ1n) is 6.54. The molecule has 1 atom stereocenters. The van der Waals surface area contributed by atoms with Crippen LogP contribution in [0, 0.1) is 5.92 Å². The molecule has 21 heavy (non-hydrogen) atoms. The van der Waals surface area contributed by atoms with Gasteiger partial charge in [0.15, 0.2) is 5.92 Å². The van der Waals surface area contributed by atoms with Crippen LogP contribution in [0.2, 0.25) is 0 Å². The number of hydrogen-bond donors (Lipinski definition) is 1. The third-order valence-electron chi connectivity index (χ3n) is 3.09. The van der Waals surface area contributed by atoms with Crippen molar-refractivity contribution in [1.29, 1.82) is 0 Å². The van der Waals surface area contributed by atoms with Crippen LogP contribution in [0.15, 0.2) is 16.8 Å². The second-order valence-corrected chi connectivity index (χ2v) is 5.57. The molecular formula is C13H17F6NS. The lowest BCUT2D eigenvalue weighted by molar-refractivity contribution is -0.292. The van der Waals surface area contributed by atoms with Crippen LogP contribution in [0.4, 0.5) is 26.3 Å². The zero-order valence-electron chi connectivity index (χ0n) is 11.4. The van der Waals surface area contributed by atoms with Gasteiger partial charge in [-0.1, -0.05) is 6.92 Å². The molecule has 0 fully saturated rings. The van der Waals surface area contributed by atoms with Gasteiger partial charge in [0.05, 0.1) is 0 Å². The van der Waals surface area contributed by atoms with Gasteiger partial charge in [0.2, 0.25) is 0 Å². The average Bonchev–Trinajstić information content (AvgIpc) is 2.81. The van der Waals surface area contributed by atoms with E-state index < -0.39 is 24.3 Å². The molecule has 1 nitrogen and oxygen atoms in total. The van der Waals surface area contributed by atoms with E-state index in [9.17, 15) is 26.3 Å². The molecule has 0 bridgehead atoms. The maximum absolute atomic E-state index is 12.8. The zero-order valence-corrected chi connectivity index (χ0v) is 12.2. The van der Waals surface area contributed by atoms with E-state index in [0.717, 1.165) is 5.56 Å². The molecule has 1 N–H and O–H groups in total. The van der Waals surface area contributed by atoms with Crippen molar-refractivity contribution in [3.63, 3.8) is 0 Å². The highest BCUT2D eigenvalue weighted by Crippen LogP contribution is 2.42. The standard InChI is InChI=1S/C13H17F6NS/c1-2-6-20-10(4-3-9-5-7-21-8-9)11(12(14,15)16)13(17,18)19/h5,7-8,10-11,20H,2-4,6H2,1H3. The van der Waals surface area contributed by atoms with Gasteiger partial charge in [-0.15, -0.1) is 0 Å². The Morgan fingerprint density at radius 1 is 1.14 bits per heavy atom. The second-order valence-electron chi connectivity index (χ2n) is 4.79. The molecule has 0 aliphatic heterocycles. The summed E-state index contributed by atoms with van der Waals surface area (Å²) in [5, 5.41) is 5.88. The number of thiophene rings is 1. The Bertz CT molecular complexity index is 384. The predicted molar refractivity (Wildman–Crippen MR) is 70.3 cm³/mol. The maximum atomic E-state index is 12.8. The van der Waals surface area contributed by atoms with Crippen LogP contribution < -0.4 is 5.32 Å². The molecule has 1 rings (SSSR count). The molecule has 8 heteroatoms. The molecule has 0 amide bonds. The Morgan fingerprint density at radius 2 is 1.76 bits per heavy atom. The number of alkyl halides is 6. The second kappa shape index (κ2) is 7.49. The molecule has 0 aromatic carbocycles. The highest BCUT2D eigenvalue weighted by molar-refractivity contribution is 7.07. The van der Waals surface area contributed by atoms with Crippen molar-refractivity contribution < 1.29 is 26.3 Å². The number of nitrogens with one attached hydrogen (secondary N) is 1. The monoisotopic (exact) mass is 333 g/mol. The van der Waals surface area contributed by atoms with Crippen molar-refractivity contribution in [3.05, 3.63) is 22.4 Å². The van der Waals surface area contributed by atoms with Crippen LogP contribution in [-0.4, -0.2) is 24.9 Å². The van der Waals surface area contributed by atoms with Crippen LogP contribution in [0.1, 0.15) is 25.3 Å². The summed E-state index contributed by atoms with van der Waals surface area (Å²) in [6.45, 7) is 1.82. The smallest absolute Gasteiger partial charge is 0.313 e. The first kappa shape index (κ1) is 18.3. The maximum Gasteiger partial charge on any atom is 0.401 e. The molecule has 0 aliphatic carbocycles. The van der Waals surface area contributed by atoms with E-state index in [2.05, 4.69) is 5.32 Å². The van der Waals surface area contributed by atoms with Crippen molar-refractivity contribution in [2.75, 3.05) is 6.54 Å². The summed E-state index contributed by atoms with van der Waals surface area (Å²) in [5.74, 6) is -3.34. The van der Waals surface area contributed by atoms with Crippen LogP contribution in [0.3, 0.4) is 0 Å². The number of halogens is 6. The first-order chi connectivity index (χ1) is 9.66. The minimum absolute atomic E-state index is 0.122. The molecule has 0 aliphatic rings. The lowest BCUT2D eigenvalue weighted by Crippen LogP contribution is -2.51. The van der Waals surface area contributed by atoms with Crippen molar-refractivity contribution in [2.24, 2.45) is 5.92 Å². The largest absolute Gasteiger partial charge is 0.401 e. The van der Waals surface area contributed by atoms with Gasteiger partial charge >= 0.3 is 12.4 Å². The van der Waals surface area contributed by atoms with E-state index in [1.54, 1.807) is 23.8 Å². The Morgan fingerprint density at radius 3 is 2.19 bits per heavy atom. The van der Waals surface area contributed by atoms with Gasteiger partial charge in [0, 0.05) is 6.04 Å². The Kier molecular flexibility index (Phi) is 6.52. The molecular weight excluding hydrogens is 316 g/mol. The van der Waals surface area contributed by atoms with Crippen LogP contribution in [0.5, 0.6) is 0 Å². The van der Waals surface area contributed by atoms with Gasteiger partial charge in [0.1, 0.15) is 0 Å². The lowest BCUT2D eigenvalue weighted by atomic mass is 9.93. The van der Waals surface area contributed by atoms with E-state index >= 15 is 0 Å². The molecule has 1 unspecified atom stereocenters. The summed E-state index contributed by atoms with van der Waals surface area (Å²) >= 11 is 1.36. The highest BCUT2D eigenvalue weighted by atomic mass is 32.1. The summed E-state index contributed by atoms with van der Waals surface area (Å²) in [6.07, 6.45) is -10.2. The molecule has 0 radical (unpaired) electrons. The van der Waals surface area contributed by atoms with Gasteiger partial charge in [-0.05, 0) is 48.2 Å². The lowest BCUT2D eigenvalue weighted by Gasteiger charge is -2.31. The summed E-state index contributed by atoms with van der Waals surface area (Å²) in [7, 11) is 0. The minimum Gasteiger partial charge on any atom is -0.313 e. The third-order valence-corrected chi connectivity index (χ3v) is 3.82. The minimum atomic E-state index is -5.31. The van der Waals surface area contributed by atoms with E-state index in [4.69, 9.17) is 0 Å². The Balaban J connectivity index is 2.86. The molecule has 0 saturated carbocycles. The van der Waals surface area contributed by atoms with E-state index in [-0.39, 0.29) is 19.4 Å². The Hall–Kier alpha value is -0.760. The SMILES string of the molecule is CCCNC(CCc1ccsc1)C(C(F)(F)F)C(F)(F)F. The molecule has 1 heterocycles. The van der Waals surface area contributed by atoms with Crippen molar-refractivity contribution in [1.82, 2.24) is 5.32 Å². The van der Waals surface area contributed by atoms with Crippen LogP contribution in [-0.2, 0) is 6.42 Å². The number of aryl methyl sites for hydroxylation is 1. The topological polar surface area (TPSA) is 12.0 Å². The number of rotatable bonds is 7. The van der Waals surface area contributed by atoms with Gasteiger partial charge in [-0.25, -0.2) is 0 Å². The van der Waals surface area contributed by atoms with Crippen molar-refractivity contribution in [3.8, 4) is 0 Å². The number of hydrogen-bond acceptors (Lipinski definition) is 2. The van der Waals surface area contributed by atoms with E-state index in [0.29, 0.717) is 6.42 Å². The quantitative estimate of drug-likeness (QED) is 0.708. The third kappa shape index (κ3) is 5.86. The molecule has 0 saturated heterocycles. The molecule has 1 aromatic rings. The summed E-state index contributed by atoms with van der Waals surface area (Å²) in [6, 6.07) is 0.0439. The normalized spacial score (nSPS) is 14.7. The zero-order chi connectivity index (χ0) is 16.1. The van der Waals surface area contributed by atoms with Gasteiger partial charge in [-0.2, -0.15) is 37.7 Å². The highest BCUT2D eigenvalue weighted by Gasteiger charge is 2.59. The van der Waals surface area contributed by atoms with Gasteiger partial charge in [0.25, 0.3) is 0 Å². The Labute approximate surface area is 123 Å². The molecule has 122 valence electrons. The fraction of sp³-hybridized carbons (Fsp3) is 0.692. The predicted octanol–water partition coefficient (Wildman–Crippen LogP) is 4.79. The van der Waals surface area contributed by atoms with Gasteiger partial charge < -0.3 is 5.32 Å². The van der Waals surface area contributed by atoms with Crippen molar-refractivity contribution >= 4 is 11.3 Å². The fourth-order valence-electron chi connectivity index (χ4n) is 2.12. The van der Waals surface area contributed by atoms with E-state index in [1.807, 2.05) is 0 Å². The van der Waals surface area contributed by atoms with E-state index in [1.165, 1.54) is 11.3 Å². The first-order valence-corrected chi connectivity index (χ1v) is 7.48.